The highest BCUT2D eigenvalue weighted by atomic mass is 32.1. The van der Waals surface area contributed by atoms with Gasteiger partial charge in [-0.1, -0.05) is 37.2 Å². The van der Waals surface area contributed by atoms with Crippen LogP contribution in [-0.2, 0) is 20.7 Å². The van der Waals surface area contributed by atoms with Crippen LogP contribution in [-0.4, -0.2) is 53.7 Å². The molecule has 11 heteroatoms. The van der Waals surface area contributed by atoms with Crippen LogP contribution < -0.4 is 19.1 Å². The molecule has 3 heterocycles. The number of rotatable bonds is 12. The number of thiazole rings is 1. The van der Waals surface area contributed by atoms with Crippen LogP contribution >= 0.6 is 11.3 Å². The van der Waals surface area contributed by atoms with Gasteiger partial charge >= 0.3 is 11.9 Å². The number of benzene rings is 2. The van der Waals surface area contributed by atoms with Gasteiger partial charge in [0, 0.05) is 12.0 Å². The van der Waals surface area contributed by atoms with E-state index in [-0.39, 0.29) is 34.1 Å². The molecular formula is C34H38N2O8S. The molecule has 45 heavy (non-hydrogen) atoms. The Balaban J connectivity index is 1.65. The maximum Gasteiger partial charge on any atom is 0.350 e. The number of ketones is 1. The quantitative estimate of drug-likeness (QED) is 0.0777. The van der Waals surface area contributed by atoms with E-state index in [1.807, 2.05) is 13.8 Å². The van der Waals surface area contributed by atoms with Crippen molar-refractivity contribution in [1.82, 2.24) is 4.98 Å². The van der Waals surface area contributed by atoms with Gasteiger partial charge in [-0.25, -0.2) is 9.78 Å². The van der Waals surface area contributed by atoms with Gasteiger partial charge < -0.3 is 24.1 Å². The van der Waals surface area contributed by atoms with Crippen molar-refractivity contribution in [1.29, 1.82) is 0 Å². The highest BCUT2D eigenvalue weighted by Crippen LogP contribution is 2.46. The van der Waals surface area contributed by atoms with Crippen molar-refractivity contribution >= 4 is 39.9 Å². The second-order valence-electron chi connectivity index (χ2n) is 11.0. The zero-order chi connectivity index (χ0) is 32.2. The number of nitrogens with zero attached hydrogens (tertiary/aromatic N) is 2. The van der Waals surface area contributed by atoms with Crippen LogP contribution in [0.1, 0.15) is 85.1 Å². The van der Waals surface area contributed by atoms with Crippen molar-refractivity contribution in [3.05, 3.63) is 69.2 Å². The number of esters is 1. The third kappa shape index (κ3) is 6.40. The molecule has 1 amide bonds. The maximum absolute atomic E-state index is 13.8. The highest BCUT2D eigenvalue weighted by Gasteiger charge is 2.49. The number of carbonyl (C=O) groups excluding carboxylic acids is 3. The Bertz CT molecular complexity index is 1640. The molecular weight excluding hydrogens is 596 g/mol. The zero-order valence-corrected chi connectivity index (χ0v) is 27.0. The number of aromatic nitrogens is 1. The summed E-state index contributed by atoms with van der Waals surface area (Å²) < 4.78 is 22.9. The summed E-state index contributed by atoms with van der Waals surface area (Å²) in [7, 11) is 0. The summed E-state index contributed by atoms with van der Waals surface area (Å²) in [6, 6.07) is 9.36. The number of Topliss-reactive ketones (excluding diaryl/α,β-unsaturated/α-hetero) is 1. The fourth-order valence-electron chi connectivity index (χ4n) is 5.56. The van der Waals surface area contributed by atoms with Crippen molar-refractivity contribution in [2.75, 3.05) is 24.7 Å². The Morgan fingerprint density at radius 2 is 1.87 bits per heavy atom. The minimum absolute atomic E-state index is 0.00981. The maximum atomic E-state index is 13.8. The molecule has 1 fully saturated rings. The second-order valence-corrected chi connectivity index (χ2v) is 11.9. The lowest BCUT2D eigenvalue weighted by molar-refractivity contribution is -0.132. The van der Waals surface area contributed by atoms with E-state index >= 15 is 0 Å². The second kappa shape index (κ2) is 13.7. The molecule has 2 aliphatic heterocycles. The Hall–Kier alpha value is -4.38. The van der Waals surface area contributed by atoms with E-state index in [1.54, 1.807) is 50.2 Å². The summed E-state index contributed by atoms with van der Waals surface area (Å²) in [4.78, 5) is 46.1. The standard InChI is InChI=1S/C34H38N2O8S/c1-6-9-10-15-43-25-14-11-21(18-26(25)41-7-2)28-27(29(37)22-12-13-24-23(17-22)16-19(4)44-24)30(38)32(39)36(28)34-35-20(5)31(45-34)33(40)42-8-3/h11-14,17-19,28,37H,6-10,15-16H2,1-5H3/b29-27+/t19-,28+/m1/s1. The molecule has 0 spiro atoms. The number of anilines is 1. The number of aryl methyl sites for hydroxylation is 1. The number of amides is 1. The molecule has 2 aromatic carbocycles. The summed E-state index contributed by atoms with van der Waals surface area (Å²) in [6.07, 6.45) is 3.63. The lowest BCUT2D eigenvalue weighted by Crippen LogP contribution is -2.29. The minimum Gasteiger partial charge on any atom is -0.507 e. The first-order valence-corrected chi connectivity index (χ1v) is 16.1. The third-order valence-corrected chi connectivity index (χ3v) is 8.79. The van der Waals surface area contributed by atoms with Crippen molar-refractivity contribution in [2.45, 2.75) is 72.4 Å². The monoisotopic (exact) mass is 634 g/mol. The largest absolute Gasteiger partial charge is 0.507 e. The van der Waals surface area contributed by atoms with Crippen LogP contribution in [0.3, 0.4) is 0 Å². The molecule has 1 aromatic heterocycles. The molecule has 0 unspecified atom stereocenters. The molecule has 238 valence electrons. The van der Waals surface area contributed by atoms with E-state index in [9.17, 15) is 19.5 Å². The van der Waals surface area contributed by atoms with Gasteiger partial charge in [0.05, 0.1) is 37.1 Å². The zero-order valence-electron chi connectivity index (χ0n) is 26.2. The number of aliphatic hydroxyl groups is 1. The lowest BCUT2D eigenvalue weighted by atomic mass is 9.94. The van der Waals surface area contributed by atoms with Crippen LogP contribution in [0.5, 0.6) is 17.2 Å². The summed E-state index contributed by atoms with van der Waals surface area (Å²) in [5.41, 5.74) is 2.06. The van der Waals surface area contributed by atoms with Gasteiger partial charge in [-0.05, 0) is 75.6 Å². The topological polar surface area (TPSA) is 124 Å². The average Bonchev–Trinajstić information content (AvgIpc) is 3.67. The summed E-state index contributed by atoms with van der Waals surface area (Å²) in [6.45, 7) is 10.3. The Morgan fingerprint density at radius 1 is 1.07 bits per heavy atom. The van der Waals surface area contributed by atoms with Crippen LogP contribution in [0.25, 0.3) is 5.76 Å². The van der Waals surface area contributed by atoms with Crippen molar-refractivity contribution in [3.8, 4) is 17.2 Å². The molecule has 2 atom stereocenters. The molecule has 0 radical (unpaired) electrons. The van der Waals surface area contributed by atoms with Gasteiger partial charge in [-0.2, -0.15) is 0 Å². The lowest BCUT2D eigenvalue weighted by Gasteiger charge is -2.24. The summed E-state index contributed by atoms with van der Waals surface area (Å²) >= 11 is 0.959. The molecule has 1 N–H and O–H groups in total. The first-order chi connectivity index (χ1) is 21.7. The van der Waals surface area contributed by atoms with E-state index in [4.69, 9.17) is 18.9 Å². The normalized spacial score (nSPS) is 18.6. The smallest absolute Gasteiger partial charge is 0.350 e. The number of hydrogen-bond donors (Lipinski definition) is 1. The minimum atomic E-state index is -1.07. The predicted molar refractivity (Wildman–Crippen MR) is 170 cm³/mol. The molecule has 0 saturated carbocycles. The van der Waals surface area contributed by atoms with Crippen LogP contribution in [0.2, 0.25) is 0 Å². The Morgan fingerprint density at radius 3 is 2.60 bits per heavy atom. The fourth-order valence-corrected chi connectivity index (χ4v) is 6.55. The Kier molecular flexibility index (Phi) is 9.77. The van der Waals surface area contributed by atoms with Crippen LogP contribution in [0, 0.1) is 6.92 Å². The van der Waals surface area contributed by atoms with Gasteiger partial charge in [0.15, 0.2) is 16.6 Å². The first-order valence-electron chi connectivity index (χ1n) is 15.3. The van der Waals surface area contributed by atoms with Gasteiger partial charge in [0.2, 0.25) is 0 Å². The molecule has 0 bridgehead atoms. The van der Waals surface area contributed by atoms with E-state index in [1.165, 1.54) is 4.90 Å². The van der Waals surface area contributed by atoms with E-state index < -0.39 is 23.7 Å². The van der Waals surface area contributed by atoms with Crippen LogP contribution in [0.15, 0.2) is 42.0 Å². The van der Waals surface area contributed by atoms with E-state index in [0.29, 0.717) is 48.0 Å². The molecule has 0 aliphatic carbocycles. The number of hydrogen-bond acceptors (Lipinski definition) is 10. The van der Waals surface area contributed by atoms with Gasteiger partial charge in [0.1, 0.15) is 22.5 Å². The van der Waals surface area contributed by atoms with Crippen LogP contribution in [0.4, 0.5) is 5.13 Å². The number of carbonyl (C=O) groups is 3. The van der Waals surface area contributed by atoms with E-state index in [2.05, 4.69) is 11.9 Å². The molecule has 1 saturated heterocycles. The van der Waals surface area contributed by atoms with Crippen molar-refractivity contribution < 1.29 is 38.4 Å². The Labute approximate surface area is 266 Å². The predicted octanol–water partition coefficient (Wildman–Crippen LogP) is 6.55. The molecule has 2 aliphatic rings. The summed E-state index contributed by atoms with van der Waals surface area (Å²) in [5.74, 6) is -0.923. The average molecular weight is 635 g/mol. The SMILES string of the molecule is CCCCCOc1ccc([C@H]2/C(=C(\O)c3ccc4c(c3)C[C@@H](C)O4)C(=O)C(=O)N2c2nc(C)c(C(=O)OCC)s2)cc1OCC. The molecule has 3 aromatic rings. The number of aliphatic hydroxyl groups excluding tert-OH is 1. The molecule has 5 rings (SSSR count). The third-order valence-electron chi connectivity index (χ3n) is 7.65. The summed E-state index contributed by atoms with van der Waals surface area (Å²) in [5, 5.41) is 11.8. The number of unbranched alkanes of at least 4 members (excludes halogenated alkanes) is 2. The van der Waals surface area contributed by atoms with Gasteiger partial charge in [-0.3, -0.25) is 14.5 Å². The van der Waals surface area contributed by atoms with E-state index in [0.717, 1.165) is 41.9 Å². The van der Waals surface area contributed by atoms with Crippen molar-refractivity contribution in [2.24, 2.45) is 0 Å². The molecule has 10 nitrogen and oxygen atoms in total. The number of fused-ring (bicyclic) bond motifs is 1. The van der Waals surface area contributed by atoms with Gasteiger partial charge in [-0.15, -0.1) is 0 Å². The number of ether oxygens (including phenoxy) is 4. The fraction of sp³-hybridized carbons (Fsp3) is 0.412. The van der Waals surface area contributed by atoms with Crippen molar-refractivity contribution in [3.63, 3.8) is 0 Å². The van der Waals surface area contributed by atoms with Gasteiger partial charge in [0.25, 0.3) is 5.78 Å². The first kappa shape index (κ1) is 32.0. The highest BCUT2D eigenvalue weighted by molar-refractivity contribution is 7.17.